The average molecular weight is 551 g/mol. The molecule has 3 aromatic heterocycles. The van der Waals surface area contributed by atoms with Gasteiger partial charge >= 0.3 is 6.18 Å². The number of carbonyl (C=O) groups excluding carboxylic acids is 1. The minimum absolute atomic E-state index is 0.150. The van der Waals surface area contributed by atoms with Gasteiger partial charge in [-0.15, -0.1) is 0 Å². The van der Waals surface area contributed by atoms with Gasteiger partial charge in [-0.25, -0.2) is 9.97 Å². The van der Waals surface area contributed by atoms with Gasteiger partial charge in [-0.3, -0.25) is 9.78 Å². The molecule has 0 radical (unpaired) electrons. The van der Waals surface area contributed by atoms with E-state index in [9.17, 15) is 18.0 Å². The monoisotopic (exact) mass is 550 g/mol. The van der Waals surface area contributed by atoms with E-state index in [2.05, 4.69) is 30.6 Å². The number of halogens is 3. The number of fused-ring (bicyclic) bond motifs is 1. The molecule has 0 saturated heterocycles. The highest BCUT2D eigenvalue weighted by Gasteiger charge is 2.30. The molecule has 3 heterocycles. The van der Waals surface area contributed by atoms with E-state index in [0.717, 1.165) is 22.5 Å². The van der Waals surface area contributed by atoms with Crippen molar-refractivity contribution >= 4 is 38.5 Å². The van der Waals surface area contributed by atoms with Crippen molar-refractivity contribution in [2.45, 2.75) is 26.1 Å². The smallest absolute Gasteiger partial charge is 0.416 e. The van der Waals surface area contributed by atoms with Crippen molar-refractivity contribution in [1.29, 1.82) is 0 Å². The number of aromatic nitrogens is 4. The molecule has 12 heteroatoms. The number of rotatable bonds is 7. The minimum atomic E-state index is -4.45. The van der Waals surface area contributed by atoms with Gasteiger partial charge in [-0.05, 0) is 43.3 Å². The first-order valence-electron chi connectivity index (χ1n) is 11.7. The largest absolute Gasteiger partial charge is 0.437 e. The maximum absolute atomic E-state index is 13.1. The van der Waals surface area contributed by atoms with Crippen molar-refractivity contribution in [2.24, 2.45) is 0 Å². The fourth-order valence-corrected chi connectivity index (χ4v) is 4.67. The lowest BCUT2D eigenvalue weighted by Crippen LogP contribution is -2.11. The molecular weight excluding hydrogens is 529 g/mol. The summed E-state index contributed by atoms with van der Waals surface area (Å²) in [6.07, 6.45) is -2.78. The first-order valence-corrected chi connectivity index (χ1v) is 12.6. The van der Waals surface area contributed by atoms with Gasteiger partial charge in [0.15, 0.2) is 10.9 Å². The summed E-state index contributed by atoms with van der Waals surface area (Å²) in [4.78, 5) is 29.3. The van der Waals surface area contributed by atoms with E-state index >= 15 is 0 Å². The lowest BCUT2D eigenvalue weighted by atomic mass is 10.1. The van der Waals surface area contributed by atoms with E-state index in [1.165, 1.54) is 30.4 Å². The van der Waals surface area contributed by atoms with E-state index < -0.39 is 11.7 Å². The Bertz CT molecular complexity index is 1620. The number of ether oxygens (including phenoxy) is 1. The van der Waals surface area contributed by atoms with Gasteiger partial charge in [0.25, 0.3) is 0 Å². The summed E-state index contributed by atoms with van der Waals surface area (Å²) >= 11 is 1.30. The van der Waals surface area contributed by atoms with Crippen LogP contribution in [0.25, 0.3) is 21.5 Å². The summed E-state index contributed by atoms with van der Waals surface area (Å²) in [6, 6.07) is 16.8. The van der Waals surface area contributed by atoms with Crippen molar-refractivity contribution in [3.05, 3.63) is 84.2 Å². The molecule has 1 atom stereocenters. The van der Waals surface area contributed by atoms with E-state index in [0.29, 0.717) is 27.7 Å². The SMILES string of the molecule is CC(=O)Nc1nc2c(Oc3cc(-c4ccc(C(F)(F)F)cc4)nc(N[C@H](C)c4ccccn4)n3)cccc2s1. The third kappa shape index (κ3) is 6.12. The van der Waals surface area contributed by atoms with Gasteiger partial charge < -0.3 is 15.4 Å². The lowest BCUT2D eigenvalue weighted by molar-refractivity contribution is -0.137. The van der Waals surface area contributed by atoms with Gasteiger partial charge in [0.05, 0.1) is 27.7 Å². The molecule has 0 unspecified atom stereocenters. The second-order valence-corrected chi connectivity index (χ2v) is 9.55. The molecular formula is C27H21F3N6O2S. The van der Waals surface area contributed by atoms with Gasteiger partial charge in [0, 0.05) is 24.8 Å². The second-order valence-electron chi connectivity index (χ2n) is 8.52. The van der Waals surface area contributed by atoms with Crippen LogP contribution in [0, 0.1) is 0 Å². The molecule has 1 amide bonds. The normalized spacial score (nSPS) is 12.2. The number of anilines is 2. The molecule has 0 aliphatic carbocycles. The van der Waals surface area contributed by atoms with E-state index in [1.54, 1.807) is 30.5 Å². The Morgan fingerprint density at radius 2 is 1.79 bits per heavy atom. The first-order chi connectivity index (χ1) is 18.7. The van der Waals surface area contributed by atoms with Crippen molar-refractivity contribution < 1.29 is 22.7 Å². The predicted molar refractivity (Wildman–Crippen MR) is 143 cm³/mol. The third-order valence-electron chi connectivity index (χ3n) is 5.57. The first kappa shape index (κ1) is 26.0. The second kappa shape index (κ2) is 10.7. The number of thiazole rings is 1. The quantitative estimate of drug-likeness (QED) is 0.223. The number of benzene rings is 2. The zero-order valence-electron chi connectivity index (χ0n) is 20.7. The Morgan fingerprint density at radius 3 is 2.49 bits per heavy atom. The topological polar surface area (TPSA) is 102 Å². The highest BCUT2D eigenvalue weighted by Crippen LogP contribution is 2.36. The van der Waals surface area contributed by atoms with Crippen LogP contribution in [-0.4, -0.2) is 25.8 Å². The number of hydrogen-bond donors (Lipinski definition) is 2. The molecule has 2 aromatic carbocycles. The van der Waals surface area contributed by atoms with Crippen LogP contribution in [0.2, 0.25) is 0 Å². The number of amides is 1. The number of pyridine rings is 1. The van der Waals surface area contributed by atoms with Crippen LogP contribution in [-0.2, 0) is 11.0 Å². The van der Waals surface area contributed by atoms with Gasteiger partial charge in [-0.2, -0.15) is 18.2 Å². The van der Waals surface area contributed by atoms with E-state index in [-0.39, 0.29) is 23.8 Å². The molecule has 0 spiro atoms. The number of nitrogens with zero attached hydrogens (tertiary/aromatic N) is 4. The highest BCUT2D eigenvalue weighted by atomic mass is 32.1. The lowest BCUT2D eigenvalue weighted by Gasteiger charge is -2.15. The Balaban J connectivity index is 1.52. The summed E-state index contributed by atoms with van der Waals surface area (Å²) in [6.45, 7) is 3.28. The minimum Gasteiger partial charge on any atom is -0.437 e. The molecule has 5 rings (SSSR count). The molecule has 198 valence electrons. The van der Waals surface area contributed by atoms with Crippen LogP contribution in [0.5, 0.6) is 11.6 Å². The molecule has 39 heavy (non-hydrogen) atoms. The molecule has 0 aliphatic rings. The van der Waals surface area contributed by atoms with Crippen molar-refractivity contribution in [3.63, 3.8) is 0 Å². The number of para-hydroxylation sites is 1. The van der Waals surface area contributed by atoms with Crippen molar-refractivity contribution in [3.8, 4) is 22.9 Å². The Morgan fingerprint density at radius 1 is 1.00 bits per heavy atom. The molecule has 5 aromatic rings. The maximum Gasteiger partial charge on any atom is 0.416 e. The fourth-order valence-electron chi connectivity index (χ4n) is 3.74. The molecule has 0 saturated carbocycles. The average Bonchev–Trinajstić information content (AvgIpc) is 3.31. The molecule has 8 nitrogen and oxygen atoms in total. The standard InChI is InChI=1S/C27H21F3N6O2S/c1-15(19-6-3-4-13-31-19)32-25-34-20(17-9-11-18(12-10-17)27(28,29)30)14-23(35-25)38-21-7-5-8-22-24(21)36-26(39-22)33-16(2)37/h3-15H,1-2H3,(H,32,34,35)(H,33,36,37)/t15-/m1/s1. The summed E-state index contributed by atoms with van der Waals surface area (Å²) in [7, 11) is 0. The summed E-state index contributed by atoms with van der Waals surface area (Å²) < 4.78 is 46.2. The van der Waals surface area contributed by atoms with Crippen LogP contribution in [0.15, 0.2) is 72.9 Å². The molecule has 0 fully saturated rings. The molecule has 2 N–H and O–H groups in total. The zero-order chi connectivity index (χ0) is 27.6. The predicted octanol–water partition coefficient (Wildman–Crippen LogP) is 7.09. The van der Waals surface area contributed by atoms with Crippen LogP contribution >= 0.6 is 11.3 Å². The summed E-state index contributed by atoms with van der Waals surface area (Å²) in [5.74, 6) is 0.495. The fraction of sp³-hybridized carbons (Fsp3) is 0.148. The van der Waals surface area contributed by atoms with Crippen LogP contribution in [0.3, 0.4) is 0 Å². The van der Waals surface area contributed by atoms with Crippen LogP contribution < -0.4 is 15.4 Å². The molecule has 0 aliphatic heterocycles. The zero-order valence-corrected chi connectivity index (χ0v) is 21.5. The van der Waals surface area contributed by atoms with Crippen molar-refractivity contribution in [2.75, 3.05) is 10.6 Å². The number of alkyl halides is 3. The van der Waals surface area contributed by atoms with Gasteiger partial charge in [0.1, 0.15) is 5.52 Å². The third-order valence-corrected chi connectivity index (χ3v) is 6.50. The number of nitrogens with one attached hydrogen (secondary N) is 2. The van der Waals surface area contributed by atoms with Crippen molar-refractivity contribution in [1.82, 2.24) is 19.9 Å². The van der Waals surface area contributed by atoms with Crippen LogP contribution in [0.4, 0.5) is 24.3 Å². The Hall–Kier alpha value is -4.58. The number of carbonyl (C=O) groups is 1. The maximum atomic E-state index is 13.1. The summed E-state index contributed by atoms with van der Waals surface area (Å²) in [5, 5.41) is 6.28. The van der Waals surface area contributed by atoms with Crippen LogP contribution in [0.1, 0.15) is 31.1 Å². The highest BCUT2D eigenvalue weighted by molar-refractivity contribution is 7.22. The Labute approximate surface area is 224 Å². The van der Waals surface area contributed by atoms with Gasteiger partial charge in [0.2, 0.25) is 17.7 Å². The van der Waals surface area contributed by atoms with E-state index in [4.69, 9.17) is 4.74 Å². The summed E-state index contributed by atoms with van der Waals surface area (Å²) in [5.41, 5.74) is 1.32. The van der Waals surface area contributed by atoms with E-state index in [1.807, 2.05) is 25.1 Å². The number of hydrogen-bond acceptors (Lipinski definition) is 8. The molecule has 0 bridgehead atoms. The van der Waals surface area contributed by atoms with Gasteiger partial charge in [-0.1, -0.05) is 35.6 Å². The Kier molecular flexibility index (Phi) is 7.11.